The monoisotopic (exact) mass is 725 g/mol. The molecule has 0 saturated carbocycles. The van der Waals surface area contributed by atoms with Gasteiger partial charge in [-0.15, -0.1) is 0 Å². The highest BCUT2D eigenvalue weighted by atomic mass is 79.9. The van der Waals surface area contributed by atoms with Gasteiger partial charge in [-0.05, 0) is 49.5 Å². The number of amides is 3. The van der Waals surface area contributed by atoms with E-state index >= 15 is 0 Å². The molecule has 1 spiro atoms. The van der Waals surface area contributed by atoms with Crippen LogP contribution in [-0.4, -0.2) is 77.7 Å². The molecule has 47 heavy (non-hydrogen) atoms. The molecule has 3 amide bonds. The van der Waals surface area contributed by atoms with E-state index in [9.17, 15) is 24.3 Å². The van der Waals surface area contributed by atoms with E-state index in [2.05, 4.69) is 21.2 Å². The Morgan fingerprint density at radius 3 is 2.57 bits per heavy atom. The van der Waals surface area contributed by atoms with Gasteiger partial charge in [0, 0.05) is 30.6 Å². The van der Waals surface area contributed by atoms with Crippen molar-refractivity contribution < 1.29 is 33.8 Å². The first-order valence-corrected chi connectivity index (χ1v) is 17.1. The number of carbonyl (C=O) groups is 4. The highest BCUT2D eigenvalue weighted by Gasteiger charge is 2.75. The summed E-state index contributed by atoms with van der Waals surface area (Å²) >= 11 is 10.3. The van der Waals surface area contributed by atoms with E-state index in [1.54, 1.807) is 23.1 Å². The molecule has 10 nitrogen and oxygen atoms in total. The molecule has 12 heteroatoms. The van der Waals surface area contributed by atoms with Gasteiger partial charge in [0.2, 0.25) is 11.8 Å². The fraction of sp³-hybridized carbons (Fsp3) is 0.429. The van der Waals surface area contributed by atoms with Crippen LogP contribution in [0, 0.1) is 18.8 Å². The Balaban J connectivity index is 1.47. The number of allylic oxidation sites excluding steroid dienone is 1. The molecule has 0 aliphatic carbocycles. The summed E-state index contributed by atoms with van der Waals surface area (Å²) in [5.41, 5.74) is 0.493. The van der Waals surface area contributed by atoms with Crippen molar-refractivity contribution in [2.24, 2.45) is 11.8 Å². The number of ether oxygens (including phenoxy) is 2. The van der Waals surface area contributed by atoms with Crippen LogP contribution in [0.5, 0.6) is 0 Å². The van der Waals surface area contributed by atoms with Gasteiger partial charge in [-0.25, -0.2) is 0 Å². The van der Waals surface area contributed by atoms with Crippen LogP contribution in [0.25, 0.3) is 0 Å². The number of aliphatic hydroxyl groups excluding tert-OH is 1. The fourth-order valence-corrected chi connectivity index (χ4v) is 8.28. The number of fused-ring (bicyclic) bond motifs is 2. The standard InChI is InChI=1S/C35H37BrClN3O7/c1-21-11-10-14-24(37)29(21)39-16-7-3-6-15-26(42)38-20-25(22-12-4-2-5-13-22)46-34(45)27-28-32(43)40(17-8-9-18-41)31(33(39)44)35(28)19-23(36)30(27)47-35/h2-5,7,10-14,19,25,27-28,30-31,41H,6,8-9,15-18,20H2,1H3,(H,38,42)/b7-3-/t25-,27-,28+,30-,31-,35+/m1/s1. The molecule has 0 unspecified atom stereocenters. The van der Waals surface area contributed by atoms with Crippen molar-refractivity contribution in [1.29, 1.82) is 0 Å². The van der Waals surface area contributed by atoms with Crippen LogP contribution in [0.4, 0.5) is 5.69 Å². The second-order valence-electron chi connectivity index (χ2n) is 12.3. The molecule has 2 fully saturated rings. The number of hydrogen-bond donors (Lipinski definition) is 2. The zero-order chi connectivity index (χ0) is 33.3. The van der Waals surface area contributed by atoms with Crippen molar-refractivity contribution in [3.63, 3.8) is 0 Å². The number of esters is 1. The zero-order valence-corrected chi connectivity index (χ0v) is 28.3. The van der Waals surface area contributed by atoms with E-state index in [0.29, 0.717) is 40.0 Å². The second-order valence-corrected chi connectivity index (χ2v) is 13.6. The number of benzene rings is 2. The second kappa shape index (κ2) is 13.9. The molecule has 2 aromatic carbocycles. The number of likely N-dealkylation sites (tertiary alicyclic amines) is 1. The molecule has 4 heterocycles. The van der Waals surface area contributed by atoms with Crippen molar-refractivity contribution in [3.8, 4) is 0 Å². The van der Waals surface area contributed by atoms with Crippen molar-refractivity contribution in [3.05, 3.63) is 87.4 Å². The Kier molecular flexibility index (Phi) is 9.89. The van der Waals surface area contributed by atoms with E-state index in [1.807, 2.05) is 55.5 Å². The predicted molar refractivity (Wildman–Crippen MR) is 179 cm³/mol. The number of nitrogens with zero attached hydrogens (tertiary/aromatic N) is 2. The van der Waals surface area contributed by atoms with Gasteiger partial charge in [0.1, 0.15) is 29.8 Å². The van der Waals surface area contributed by atoms with Crippen molar-refractivity contribution in [1.82, 2.24) is 10.2 Å². The van der Waals surface area contributed by atoms with E-state index in [0.717, 1.165) is 5.56 Å². The summed E-state index contributed by atoms with van der Waals surface area (Å²) in [5, 5.41) is 12.8. The number of unbranched alkanes of at least 4 members (excludes halogenated alkanes) is 1. The Morgan fingerprint density at radius 2 is 1.83 bits per heavy atom. The van der Waals surface area contributed by atoms with E-state index in [4.69, 9.17) is 21.1 Å². The number of anilines is 1. The molecule has 4 aliphatic rings. The molecule has 0 aromatic heterocycles. The lowest BCUT2D eigenvalue weighted by Crippen LogP contribution is -2.56. The lowest BCUT2D eigenvalue weighted by atomic mass is 9.74. The van der Waals surface area contributed by atoms with E-state index < -0.39 is 47.6 Å². The molecule has 2 aromatic rings. The van der Waals surface area contributed by atoms with E-state index in [-0.39, 0.29) is 44.5 Å². The van der Waals surface area contributed by atoms with Crippen LogP contribution in [0.2, 0.25) is 5.02 Å². The van der Waals surface area contributed by atoms with Gasteiger partial charge in [-0.1, -0.05) is 82.1 Å². The third-order valence-electron chi connectivity index (χ3n) is 9.37. The number of aryl methyl sites for hydroxylation is 1. The SMILES string of the molecule is Cc1cccc(Cl)c1N1C/C=C\CCC(=O)NC[C@H](c2ccccc2)OC(=O)[C@H]2[C@@H]3O[C@@]4(C=C3Br)[C@@H]2C(=O)N(CCCCO)[C@@H]4C1=O. The largest absolute Gasteiger partial charge is 0.455 e. The summed E-state index contributed by atoms with van der Waals surface area (Å²) in [5.74, 6) is -3.76. The highest BCUT2D eigenvalue weighted by molar-refractivity contribution is 9.11. The number of carbonyl (C=O) groups excluding carboxylic acids is 4. The molecular weight excluding hydrogens is 690 g/mol. The number of nitrogens with one attached hydrogen (secondary N) is 1. The lowest BCUT2D eigenvalue weighted by Gasteiger charge is -2.36. The maximum atomic E-state index is 15.0. The number of aliphatic hydroxyl groups is 1. The summed E-state index contributed by atoms with van der Waals surface area (Å²) < 4.78 is 13.3. The predicted octanol–water partition coefficient (Wildman–Crippen LogP) is 4.38. The van der Waals surface area contributed by atoms with Gasteiger partial charge >= 0.3 is 5.97 Å². The summed E-state index contributed by atoms with van der Waals surface area (Å²) in [6, 6.07) is 13.3. The van der Waals surface area contributed by atoms with Gasteiger partial charge in [0.05, 0.1) is 23.2 Å². The van der Waals surface area contributed by atoms with Crippen LogP contribution in [0.15, 0.2) is 71.2 Å². The van der Waals surface area contributed by atoms with Crippen LogP contribution < -0.4 is 10.2 Å². The molecule has 4 aliphatic heterocycles. The first-order valence-electron chi connectivity index (χ1n) is 15.9. The average Bonchev–Trinajstić information content (AvgIpc) is 3.64. The topological polar surface area (TPSA) is 125 Å². The van der Waals surface area contributed by atoms with Gasteiger partial charge in [-0.3, -0.25) is 19.2 Å². The minimum absolute atomic E-state index is 0.0469. The molecule has 248 valence electrons. The maximum Gasteiger partial charge on any atom is 0.313 e. The zero-order valence-electron chi connectivity index (χ0n) is 25.9. The van der Waals surface area contributed by atoms with Gasteiger partial charge < -0.3 is 29.7 Å². The number of hydrogen-bond acceptors (Lipinski definition) is 7. The van der Waals surface area contributed by atoms with Crippen LogP contribution in [0.1, 0.15) is 42.9 Å². The normalized spacial score (nSPS) is 30.2. The maximum absolute atomic E-state index is 15.0. The van der Waals surface area contributed by atoms with Crippen LogP contribution in [0.3, 0.4) is 0 Å². The summed E-state index contributed by atoms with van der Waals surface area (Å²) in [6.07, 6.45) is 5.23. The lowest BCUT2D eigenvalue weighted by molar-refractivity contribution is -0.159. The fourth-order valence-electron chi connectivity index (χ4n) is 7.23. The molecule has 5 bridgehead atoms. The molecule has 6 atom stereocenters. The molecule has 2 N–H and O–H groups in total. The number of rotatable bonds is 6. The number of cyclic esters (lactones) is 1. The van der Waals surface area contributed by atoms with Crippen LogP contribution in [-0.2, 0) is 28.7 Å². The van der Waals surface area contributed by atoms with Gasteiger partial charge in [0.25, 0.3) is 5.91 Å². The Morgan fingerprint density at radius 1 is 1.04 bits per heavy atom. The molecule has 0 radical (unpaired) electrons. The number of halogens is 2. The Hall–Kier alpha value is -3.51. The Labute approximate surface area is 286 Å². The third kappa shape index (κ3) is 6.14. The molecule has 2 saturated heterocycles. The van der Waals surface area contributed by atoms with Crippen LogP contribution >= 0.6 is 27.5 Å². The first kappa shape index (κ1) is 33.4. The van der Waals surface area contributed by atoms with Gasteiger partial charge in [-0.2, -0.15) is 0 Å². The van der Waals surface area contributed by atoms with Crippen molar-refractivity contribution >= 4 is 56.9 Å². The quantitative estimate of drug-likeness (QED) is 0.257. The first-order chi connectivity index (χ1) is 22.7. The average molecular weight is 727 g/mol. The van der Waals surface area contributed by atoms with Crippen molar-refractivity contribution in [2.45, 2.75) is 56.5 Å². The van der Waals surface area contributed by atoms with Crippen molar-refractivity contribution in [2.75, 3.05) is 31.1 Å². The Bertz CT molecular complexity index is 1600. The summed E-state index contributed by atoms with van der Waals surface area (Å²) in [7, 11) is 0. The van der Waals surface area contributed by atoms with E-state index in [1.165, 1.54) is 4.90 Å². The highest BCUT2D eigenvalue weighted by Crippen LogP contribution is 2.59. The molecule has 6 rings (SSSR count). The minimum Gasteiger partial charge on any atom is -0.455 e. The smallest absolute Gasteiger partial charge is 0.313 e. The number of para-hydroxylation sites is 1. The summed E-state index contributed by atoms with van der Waals surface area (Å²) in [4.78, 5) is 59.5. The van der Waals surface area contributed by atoms with Gasteiger partial charge in [0.15, 0.2) is 0 Å². The molecular formula is C35H37BrClN3O7. The minimum atomic E-state index is -1.46. The summed E-state index contributed by atoms with van der Waals surface area (Å²) in [6.45, 7) is 2.14. The third-order valence-corrected chi connectivity index (χ3v) is 10.4.